The Labute approximate surface area is 137 Å². The Balaban J connectivity index is 1.99. The Kier molecular flexibility index (Phi) is 4.00. The van der Waals surface area contributed by atoms with Crippen LogP contribution in [0.4, 0.5) is 0 Å². The number of fused-ring (bicyclic) bond motifs is 4. The van der Waals surface area contributed by atoms with Crippen LogP contribution >= 0.6 is 0 Å². The maximum atomic E-state index is 13.2. The Bertz CT molecular complexity index is 740. The lowest BCUT2D eigenvalue weighted by Crippen LogP contribution is -2.47. The molecule has 2 atom stereocenters. The molecule has 23 heavy (non-hydrogen) atoms. The number of rotatable bonds is 2. The third-order valence-electron chi connectivity index (χ3n) is 5.12. The third-order valence-corrected chi connectivity index (χ3v) is 7.29. The van der Waals surface area contributed by atoms with E-state index in [0.717, 1.165) is 12.8 Å². The Morgan fingerprint density at radius 2 is 1.87 bits per heavy atom. The standard InChI is InChI=1S/C15H24N4O3S/c1-10-15(11(2)17(4)16-10)23(21,22)19-8-13-5-6-14(19)9-18(7-13)12(3)20/h13-14H,5-9H2,1-4H3/t13-,14+/m1/s1. The summed E-state index contributed by atoms with van der Waals surface area (Å²) in [5.41, 5.74) is 1.19. The summed E-state index contributed by atoms with van der Waals surface area (Å²) in [6.45, 7) is 6.71. The number of hydrogen-bond donors (Lipinski definition) is 0. The zero-order chi connectivity index (χ0) is 16.9. The van der Waals surface area contributed by atoms with E-state index in [4.69, 9.17) is 0 Å². The third kappa shape index (κ3) is 2.67. The summed E-state index contributed by atoms with van der Waals surface area (Å²) in [5, 5.41) is 4.25. The van der Waals surface area contributed by atoms with E-state index in [9.17, 15) is 13.2 Å². The van der Waals surface area contributed by atoms with E-state index in [0.29, 0.717) is 35.9 Å². The van der Waals surface area contributed by atoms with Crippen LogP contribution in [0.15, 0.2) is 4.90 Å². The average molecular weight is 340 g/mol. The molecule has 3 aliphatic heterocycles. The van der Waals surface area contributed by atoms with Crippen LogP contribution in [0, 0.1) is 19.8 Å². The van der Waals surface area contributed by atoms with Crippen molar-refractivity contribution in [3.8, 4) is 0 Å². The summed E-state index contributed by atoms with van der Waals surface area (Å²) in [6.07, 6.45) is 1.79. The first-order valence-corrected chi connectivity index (χ1v) is 9.43. The molecule has 0 radical (unpaired) electrons. The zero-order valence-corrected chi connectivity index (χ0v) is 14.9. The molecular weight excluding hydrogens is 316 g/mol. The second kappa shape index (κ2) is 5.59. The second-order valence-corrected chi connectivity index (χ2v) is 8.55. The van der Waals surface area contributed by atoms with E-state index in [1.54, 1.807) is 41.7 Å². The lowest BCUT2D eigenvalue weighted by Gasteiger charge is -2.34. The maximum absolute atomic E-state index is 13.2. The van der Waals surface area contributed by atoms with Gasteiger partial charge in [-0.1, -0.05) is 0 Å². The molecular formula is C15H24N4O3S. The van der Waals surface area contributed by atoms with Gasteiger partial charge in [-0.15, -0.1) is 0 Å². The number of amides is 1. The van der Waals surface area contributed by atoms with Crippen molar-refractivity contribution >= 4 is 15.9 Å². The number of aromatic nitrogens is 2. The van der Waals surface area contributed by atoms with Crippen LogP contribution in [0.5, 0.6) is 0 Å². The highest BCUT2D eigenvalue weighted by Gasteiger charge is 2.43. The molecule has 3 fully saturated rings. The van der Waals surface area contributed by atoms with Crippen LogP contribution in [0.1, 0.15) is 31.2 Å². The summed E-state index contributed by atoms with van der Waals surface area (Å²) in [7, 11) is -1.84. The van der Waals surface area contributed by atoms with Crippen LogP contribution in [0.25, 0.3) is 0 Å². The van der Waals surface area contributed by atoms with Crippen LogP contribution in [-0.4, -0.2) is 59.0 Å². The van der Waals surface area contributed by atoms with Gasteiger partial charge in [0.15, 0.2) is 0 Å². The van der Waals surface area contributed by atoms with Crippen LogP contribution < -0.4 is 0 Å². The molecule has 4 heterocycles. The molecule has 1 aromatic rings. The molecule has 3 saturated heterocycles. The van der Waals surface area contributed by atoms with Gasteiger partial charge < -0.3 is 4.90 Å². The van der Waals surface area contributed by atoms with E-state index in [1.807, 2.05) is 0 Å². The molecule has 128 valence electrons. The van der Waals surface area contributed by atoms with Crippen molar-refractivity contribution in [1.82, 2.24) is 19.0 Å². The molecule has 1 amide bonds. The molecule has 3 aliphatic rings. The molecule has 0 spiro atoms. The highest BCUT2D eigenvalue weighted by molar-refractivity contribution is 7.89. The average Bonchev–Trinajstić information content (AvgIpc) is 2.67. The fourth-order valence-electron chi connectivity index (χ4n) is 3.84. The highest BCUT2D eigenvalue weighted by Crippen LogP contribution is 2.34. The quantitative estimate of drug-likeness (QED) is 0.793. The number of aryl methyl sites for hydroxylation is 2. The van der Waals surface area contributed by atoms with E-state index in [-0.39, 0.29) is 17.9 Å². The number of sulfonamides is 1. The van der Waals surface area contributed by atoms with Gasteiger partial charge in [0.25, 0.3) is 0 Å². The summed E-state index contributed by atoms with van der Waals surface area (Å²) in [6, 6.07) is -0.137. The fraction of sp³-hybridized carbons (Fsp3) is 0.733. The largest absolute Gasteiger partial charge is 0.341 e. The van der Waals surface area contributed by atoms with Crippen molar-refractivity contribution in [2.75, 3.05) is 19.6 Å². The van der Waals surface area contributed by atoms with Gasteiger partial charge in [-0.3, -0.25) is 9.48 Å². The number of piperidine rings is 1. The van der Waals surface area contributed by atoms with Gasteiger partial charge in [0, 0.05) is 39.6 Å². The number of hydrogen-bond acceptors (Lipinski definition) is 4. The minimum absolute atomic E-state index is 0.0230. The van der Waals surface area contributed by atoms with Crippen molar-refractivity contribution in [1.29, 1.82) is 0 Å². The predicted molar refractivity (Wildman–Crippen MR) is 85.3 cm³/mol. The minimum Gasteiger partial charge on any atom is -0.341 e. The summed E-state index contributed by atoms with van der Waals surface area (Å²) in [4.78, 5) is 13.9. The molecule has 1 aromatic heterocycles. The predicted octanol–water partition coefficient (Wildman–Crippen LogP) is 0.668. The number of carbonyl (C=O) groups excluding carboxylic acids is 1. The van der Waals surface area contributed by atoms with Crippen molar-refractivity contribution in [2.45, 2.75) is 44.6 Å². The Hall–Kier alpha value is -1.41. The molecule has 0 aliphatic carbocycles. The first kappa shape index (κ1) is 16.4. The van der Waals surface area contributed by atoms with Crippen molar-refractivity contribution in [3.63, 3.8) is 0 Å². The molecule has 7 nitrogen and oxygen atoms in total. The van der Waals surface area contributed by atoms with Gasteiger partial charge in [0.2, 0.25) is 15.9 Å². The van der Waals surface area contributed by atoms with Gasteiger partial charge in [0.1, 0.15) is 4.90 Å². The fourth-order valence-corrected chi connectivity index (χ4v) is 5.96. The van der Waals surface area contributed by atoms with Gasteiger partial charge in [0.05, 0.1) is 11.4 Å². The molecule has 8 heteroatoms. The molecule has 0 N–H and O–H groups in total. The van der Waals surface area contributed by atoms with E-state index >= 15 is 0 Å². The lowest BCUT2D eigenvalue weighted by molar-refractivity contribution is -0.129. The normalized spacial score (nSPS) is 25.7. The van der Waals surface area contributed by atoms with Crippen molar-refractivity contribution in [3.05, 3.63) is 11.4 Å². The molecule has 4 rings (SSSR count). The topological polar surface area (TPSA) is 75.5 Å². The van der Waals surface area contributed by atoms with Gasteiger partial charge in [-0.05, 0) is 32.6 Å². The monoisotopic (exact) mass is 340 g/mol. The Morgan fingerprint density at radius 3 is 2.43 bits per heavy atom. The summed E-state index contributed by atoms with van der Waals surface area (Å²) in [5.74, 6) is 0.236. The SMILES string of the molecule is CC(=O)N1C[C@H]2CC[C@@H](C1)N(S(=O)(=O)c1c(C)nn(C)c1C)C2. The first-order chi connectivity index (χ1) is 10.7. The molecule has 2 bridgehead atoms. The number of nitrogens with zero attached hydrogens (tertiary/aromatic N) is 4. The highest BCUT2D eigenvalue weighted by atomic mass is 32.2. The lowest BCUT2D eigenvalue weighted by atomic mass is 9.97. The van der Waals surface area contributed by atoms with Crippen LogP contribution in [0.2, 0.25) is 0 Å². The van der Waals surface area contributed by atoms with Gasteiger partial charge in [-0.25, -0.2) is 8.42 Å². The zero-order valence-electron chi connectivity index (χ0n) is 14.1. The molecule has 0 aromatic carbocycles. The Morgan fingerprint density at radius 1 is 1.17 bits per heavy atom. The van der Waals surface area contributed by atoms with Gasteiger partial charge in [-0.2, -0.15) is 9.40 Å². The second-order valence-electron chi connectivity index (χ2n) is 6.72. The maximum Gasteiger partial charge on any atom is 0.247 e. The van der Waals surface area contributed by atoms with Crippen LogP contribution in [0.3, 0.4) is 0 Å². The van der Waals surface area contributed by atoms with E-state index in [2.05, 4.69) is 5.10 Å². The smallest absolute Gasteiger partial charge is 0.247 e. The number of carbonyl (C=O) groups is 1. The molecule has 0 saturated carbocycles. The van der Waals surface area contributed by atoms with Gasteiger partial charge >= 0.3 is 0 Å². The molecule has 0 unspecified atom stereocenters. The van der Waals surface area contributed by atoms with E-state index in [1.165, 1.54) is 0 Å². The minimum atomic E-state index is -3.59. The van der Waals surface area contributed by atoms with E-state index < -0.39 is 10.0 Å². The van der Waals surface area contributed by atoms with Crippen LogP contribution in [-0.2, 0) is 21.9 Å². The first-order valence-electron chi connectivity index (χ1n) is 7.99. The van der Waals surface area contributed by atoms with Crippen molar-refractivity contribution in [2.24, 2.45) is 13.0 Å². The summed E-state index contributed by atoms with van der Waals surface area (Å²) < 4.78 is 29.7. The van der Waals surface area contributed by atoms with Crippen molar-refractivity contribution < 1.29 is 13.2 Å². The summed E-state index contributed by atoms with van der Waals surface area (Å²) >= 11 is 0.